The number of amides is 2. The molecule has 0 spiro atoms. The first kappa shape index (κ1) is 23.9. The van der Waals surface area contributed by atoms with Crippen molar-refractivity contribution in [2.45, 2.75) is 6.92 Å². The van der Waals surface area contributed by atoms with Crippen molar-refractivity contribution in [3.05, 3.63) is 93.5 Å². The number of rotatable bonds is 7. The highest BCUT2D eigenvalue weighted by Gasteiger charge is 2.13. The zero-order valence-electron chi connectivity index (χ0n) is 17.6. The van der Waals surface area contributed by atoms with Crippen LogP contribution in [0.1, 0.15) is 11.1 Å². The van der Waals surface area contributed by atoms with E-state index in [2.05, 4.69) is 10.6 Å². The Morgan fingerprint density at radius 2 is 1.70 bits per heavy atom. The molecular weight excluding hydrogens is 461 g/mol. The van der Waals surface area contributed by atoms with Gasteiger partial charge in [-0.15, -0.1) is 0 Å². The third-order valence-electron chi connectivity index (χ3n) is 4.40. The maximum atomic E-state index is 12.6. The third kappa shape index (κ3) is 7.11. The van der Waals surface area contributed by atoms with Crippen LogP contribution >= 0.6 is 23.2 Å². The van der Waals surface area contributed by atoms with Crippen LogP contribution in [-0.2, 0) is 9.59 Å². The van der Waals surface area contributed by atoms with E-state index >= 15 is 0 Å². The van der Waals surface area contributed by atoms with Crippen LogP contribution < -0.4 is 15.4 Å². The van der Waals surface area contributed by atoms with E-state index in [4.69, 9.17) is 27.9 Å². The van der Waals surface area contributed by atoms with Gasteiger partial charge >= 0.3 is 0 Å². The number of halogens is 2. The largest absolute Gasteiger partial charge is 0.483 e. The van der Waals surface area contributed by atoms with Crippen LogP contribution in [0.25, 0.3) is 6.08 Å². The lowest BCUT2D eigenvalue weighted by Crippen LogP contribution is -2.20. The molecule has 0 atom stereocenters. The topological polar surface area (TPSA) is 91.2 Å². The van der Waals surface area contributed by atoms with Crippen molar-refractivity contribution < 1.29 is 14.3 Å². The Morgan fingerprint density at radius 1 is 0.970 bits per heavy atom. The molecule has 8 heteroatoms. The predicted octanol–water partition coefficient (Wildman–Crippen LogP) is 5.87. The summed E-state index contributed by atoms with van der Waals surface area (Å²) in [6.45, 7) is 1.66. The van der Waals surface area contributed by atoms with Gasteiger partial charge in [-0.1, -0.05) is 35.3 Å². The lowest BCUT2D eigenvalue weighted by Gasteiger charge is -2.11. The molecule has 0 saturated carbocycles. The summed E-state index contributed by atoms with van der Waals surface area (Å²) in [5, 5.41) is 15.8. The van der Waals surface area contributed by atoms with E-state index in [1.165, 1.54) is 6.08 Å². The fraction of sp³-hybridized carbons (Fsp3) is 0.0800. The first-order valence-electron chi connectivity index (χ1n) is 9.81. The molecule has 0 aromatic heterocycles. The summed E-state index contributed by atoms with van der Waals surface area (Å²) >= 11 is 11.9. The van der Waals surface area contributed by atoms with Gasteiger partial charge in [-0.25, -0.2) is 0 Å². The van der Waals surface area contributed by atoms with Gasteiger partial charge < -0.3 is 15.4 Å². The van der Waals surface area contributed by atoms with Gasteiger partial charge in [0.1, 0.15) is 17.4 Å². The number of benzene rings is 3. The zero-order chi connectivity index (χ0) is 23.8. The van der Waals surface area contributed by atoms with Crippen LogP contribution in [0.5, 0.6) is 5.75 Å². The van der Waals surface area contributed by atoms with Crippen LogP contribution in [-0.4, -0.2) is 18.4 Å². The first-order valence-corrected chi connectivity index (χ1v) is 10.6. The lowest BCUT2D eigenvalue weighted by atomic mass is 10.1. The molecule has 33 heavy (non-hydrogen) atoms. The van der Waals surface area contributed by atoms with E-state index in [1.54, 1.807) is 48.5 Å². The number of nitrogens with zero attached hydrogens (tertiary/aromatic N) is 1. The summed E-state index contributed by atoms with van der Waals surface area (Å²) < 4.78 is 5.64. The van der Waals surface area contributed by atoms with E-state index in [-0.39, 0.29) is 18.1 Å². The Kier molecular flexibility index (Phi) is 8.09. The van der Waals surface area contributed by atoms with E-state index < -0.39 is 5.91 Å². The summed E-state index contributed by atoms with van der Waals surface area (Å²) in [4.78, 5) is 24.8. The van der Waals surface area contributed by atoms with Crippen molar-refractivity contribution in [3.8, 4) is 11.8 Å². The fourth-order valence-electron chi connectivity index (χ4n) is 2.86. The van der Waals surface area contributed by atoms with Gasteiger partial charge in [-0.3, -0.25) is 9.59 Å². The molecule has 0 radical (unpaired) electrons. The number of hydrogen-bond acceptors (Lipinski definition) is 4. The van der Waals surface area contributed by atoms with Crippen LogP contribution in [0, 0.1) is 18.3 Å². The molecule has 2 N–H and O–H groups in total. The molecule has 166 valence electrons. The van der Waals surface area contributed by atoms with E-state index in [1.807, 2.05) is 31.2 Å². The molecule has 3 aromatic rings. The van der Waals surface area contributed by atoms with Crippen LogP contribution in [0.2, 0.25) is 10.0 Å². The Balaban J connectivity index is 1.74. The van der Waals surface area contributed by atoms with Crippen molar-refractivity contribution in [1.82, 2.24) is 0 Å². The molecule has 3 aromatic carbocycles. The number of carbonyl (C=O) groups is 2. The van der Waals surface area contributed by atoms with Gasteiger partial charge in [-0.05, 0) is 73.2 Å². The molecule has 0 fully saturated rings. The minimum Gasteiger partial charge on any atom is -0.483 e. The standard InChI is InChI=1S/C25H19Cl2N3O3/c1-16-3-2-4-22(11-16)29-24(31)15-33-23-10-7-20(27)13-17(23)12-18(14-28)25(32)30-21-8-5-19(26)6-9-21/h2-13H,15H2,1H3,(H,29,31)(H,30,32)/b18-12+. The molecule has 3 rings (SSSR count). The average molecular weight is 480 g/mol. The summed E-state index contributed by atoms with van der Waals surface area (Å²) in [5.74, 6) is -0.666. The Morgan fingerprint density at radius 3 is 2.39 bits per heavy atom. The van der Waals surface area contributed by atoms with Crippen molar-refractivity contribution in [2.24, 2.45) is 0 Å². The Bertz CT molecular complexity index is 1250. The van der Waals surface area contributed by atoms with Gasteiger partial charge in [0, 0.05) is 27.0 Å². The minimum absolute atomic E-state index is 0.165. The van der Waals surface area contributed by atoms with Crippen molar-refractivity contribution in [1.29, 1.82) is 5.26 Å². The molecule has 6 nitrogen and oxygen atoms in total. The second kappa shape index (κ2) is 11.2. The van der Waals surface area contributed by atoms with Gasteiger partial charge in [0.05, 0.1) is 0 Å². The first-order chi connectivity index (χ1) is 15.8. The second-order valence-corrected chi connectivity index (χ2v) is 7.89. The predicted molar refractivity (Wildman–Crippen MR) is 130 cm³/mol. The van der Waals surface area contributed by atoms with Crippen LogP contribution in [0.3, 0.4) is 0 Å². The number of carbonyl (C=O) groups excluding carboxylic acids is 2. The summed E-state index contributed by atoms with van der Waals surface area (Å²) in [7, 11) is 0. The van der Waals surface area contributed by atoms with E-state index in [9.17, 15) is 14.9 Å². The monoisotopic (exact) mass is 479 g/mol. The quantitative estimate of drug-likeness (QED) is 0.327. The Hall–Kier alpha value is -3.79. The molecule has 0 saturated heterocycles. The van der Waals surface area contributed by atoms with Gasteiger partial charge in [0.15, 0.2) is 6.61 Å². The summed E-state index contributed by atoms with van der Waals surface area (Å²) in [6, 6.07) is 20.4. The highest BCUT2D eigenvalue weighted by molar-refractivity contribution is 6.31. The number of hydrogen-bond donors (Lipinski definition) is 2. The average Bonchev–Trinajstić information content (AvgIpc) is 2.78. The normalized spacial score (nSPS) is 10.8. The summed E-state index contributed by atoms with van der Waals surface area (Å²) in [6.07, 6.45) is 1.35. The lowest BCUT2D eigenvalue weighted by molar-refractivity contribution is -0.118. The minimum atomic E-state index is -0.608. The van der Waals surface area contributed by atoms with Crippen LogP contribution in [0.15, 0.2) is 72.3 Å². The fourth-order valence-corrected chi connectivity index (χ4v) is 3.17. The van der Waals surface area contributed by atoms with Gasteiger partial charge in [0.25, 0.3) is 11.8 Å². The molecule has 0 heterocycles. The molecule has 0 unspecified atom stereocenters. The molecular formula is C25H19Cl2N3O3. The highest BCUT2D eigenvalue weighted by atomic mass is 35.5. The highest BCUT2D eigenvalue weighted by Crippen LogP contribution is 2.26. The SMILES string of the molecule is Cc1cccc(NC(=O)COc2ccc(Cl)cc2/C=C(\C#N)C(=O)Nc2ccc(Cl)cc2)c1. The van der Waals surface area contributed by atoms with Crippen molar-refractivity contribution in [2.75, 3.05) is 17.2 Å². The van der Waals surface area contributed by atoms with E-state index in [0.717, 1.165) is 5.56 Å². The van der Waals surface area contributed by atoms with Gasteiger partial charge in [-0.2, -0.15) is 5.26 Å². The van der Waals surface area contributed by atoms with Gasteiger partial charge in [0.2, 0.25) is 0 Å². The van der Waals surface area contributed by atoms with Crippen LogP contribution in [0.4, 0.5) is 11.4 Å². The number of anilines is 2. The number of aryl methyl sites for hydroxylation is 1. The Labute approximate surface area is 201 Å². The maximum Gasteiger partial charge on any atom is 0.266 e. The van der Waals surface area contributed by atoms with Crippen molar-refractivity contribution >= 4 is 52.5 Å². The zero-order valence-corrected chi connectivity index (χ0v) is 19.1. The second-order valence-electron chi connectivity index (χ2n) is 7.02. The number of nitrogens with one attached hydrogen (secondary N) is 2. The molecule has 0 bridgehead atoms. The molecule has 0 aliphatic rings. The molecule has 0 aliphatic heterocycles. The number of nitriles is 1. The third-order valence-corrected chi connectivity index (χ3v) is 4.89. The maximum absolute atomic E-state index is 12.6. The number of ether oxygens (including phenoxy) is 1. The molecule has 0 aliphatic carbocycles. The van der Waals surface area contributed by atoms with E-state index in [0.29, 0.717) is 32.7 Å². The van der Waals surface area contributed by atoms with Crippen molar-refractivity contribution in [3.63, 3.8) is 0 Å². The smallest absolute Gasteiger partial charge is 0.266 e. The summed E-state index contributed by atoms with van der Waals surface area (Å²) in [5.41, 5.74) is 2.38. The molecule has 2 amide bonds.